The van der Waals surface area contributed by atoms with Gasteiger partial charge in [0, 0.05) is 23.3 Å². The molecule has 3 aliphatic carbocycles. The van der Waals surface area contributed by atoms with Gasteiger partial charge >= 0.3 is 0 Å². The van der Waals surface area contributed by atoms with Gasteiger partial charge in [0.25, 0.3) is 0 Å². The number of allylic oxidation sites excluding steroid dienone is 3. The number of carbonyl (C=O) groups excluding carboxylic acids is 1. The first-order chi connectivity index (χ1) is 10.9. The van der Waals surface area contributed by atoms with Gasteiger partial charge in [-0.05, 0) is 64.2 Å². The summed E-state index contributed by atoms with van der Waals surface area (Å²) in [5.41, 5.74) is 4.37. The molecule has 0 amide bonds. The van der Waals surface area contributed by atoms with Gasteiger partial charge in [0.05, 0.1) is 12.7 Å². The molecule has 2 nitrogen and oxygen atoms in total. The number of ether oxygens (including phenoxy) is 1. The van der Waals surface area contributed by atoms with Crippen LogP contribution >= 0.6 is 0 Å². The molecule has 0 unspecified atom stereocenters. The fourth-order valence-corrected chi connectivity index (χ4v) is 6.71. The minimum Gasteiger partial charge on any atom is -0.377 e. The van der Waals surface area contributed by atoms with Crippen molar-refractivity contribution in [2.24, 2.45) is 22.7 Å². The van der Waals surface area contributed by atoms with E-state index in [-0.39, 0.29) is 10.8 Å². The Balaban J connectivity index is 1.76. The van der Waals surface area contributed by atoms with Crippen molar-refractivity contribution in [3.05, 3.63) is 22.8 Å². The van der Waals surface area contributed by atoms with E-state index >= 15 is 0 Å². The van der Waals surface area contributed by atoms with E-state index in [0.29, 0.717) is 23.7 Å². The van der Waals surface area contributed by atoms with Crippen molar-refractivity contribution in [3.8, 4) is 0 Å². The zero-order chi connectivity index (χ0) is 16.4. The number of Topliss-reactive ketones (excluding diaryl/α,β-unsaturated/α-hetero) is 1. The summed E-state index contributed by atoms with van der Waals surface area (Å²) in [4.78, 5) is 12.7. The molecule has 4 aliphatic rings. The van der Waals surface area contributed by atoms with Crippen LogP contribution in [0.2, 0.25) is 0 Å². The number of hydrogen-bond donors (Lipinski definition) is 0. The zero-order valence-electron chi connectivity index (χ0n) is 15.1. The fraction of sp³-hybridized carbons (Fsp3) is 0.762. The number of rotatable bonds is 3. The summed E-state index contributed by atoms with van der Waals surface area (Å²) in [6, 6.07) is 0. The first-order valence-corrected chi connectivity index (χ1v) is 9.38. The second-order valence-electron chi connectivity index (χ2n) is 9.02. The molecule has 1 aliphatic heterocycles. The Morgan fingerprint density at radius 2 is 2.13 bits per heavy atom. The van der Waals surface area contributed by atoms with E-state index in [1.807, 2.05) is 0 Å². The van der Waals surface area contributed by atoms with Crippen LogP contribution in [0.3, 0.4) is 0 Å². The van der Waals surface area contributed by atoms with Gasteiger partial charge in [0.15, 0.2) is 5.78 Å². The molecule has 0 bridgehead atoms. The highest BCUT2D eigenvalue weighted by Gasteiger charge is 2.70. The van der Waals surface area contributed by atoms with Crippen LogP contribution in [0.1, 0.15) is 66.2 Å². The van der Waals surface area contributed by atoms with Crippen molar-refractivity contribution >= 4 is 5.78 Å². The quantitative estimate of drug-likeness (QED) is 0.697. The molecule has 4 rings (SSSR count). The first kappa shape index (κ1) is 15.6. The lowest BCUT2D eigenvalue weighted by atomic mass is 9.52. The third-order valence-electron chi connectivity index (χ3n) is 7.38. The fourth-order valence-electron chi connectivity index (χ4n) is 6.71. The monoisotopic (exact) mass is 314 g/mol. The molecule has 3 fully saturated rings. The van der Waals surface area contributed by atoms with Crippen LogP contribution in [0.25, 0.3) is 0 Å². The van der Waals surface area contributed by atoms with Crippen molar-refractivity contribution in [2.75, 3.05) is 6.61 Å². The largest absolute Gasteiger partial charge is 0.377 e. The maximum Gasteiger partial charge on any atom is 0.159 e. The van der Waals surface area contributed by atoms with Crippen LogP contribution in [0.15, 0.2) is 22.8 Å². The molecule has 0 N–H and O–H groups in total. The van der Waals surface area contributed by atoms with Crippen LogP contribution < -0.4 is 0 Å². The van der Waals surface area contributed by atoms with Gasteiger partial charge in [-0.2, -0.15) is 0 Å². The van der Waals surface area contributed by atoms with Crippen LogP contribution in [0.5, 0.6) is 0 Å². The number of ketones is 1. The van der Waals surface area contributed by atoms with Gasteiger partial charge in [0.1, 0.15) is 0 Å². The van der Waals surface area contributed by atoms with E-state index in [2.05, 4.69) is 33.8 Å². The highest BCUT2D eigenvalue weighted by molar-refractivity contribution is 6.01. The minimum atomic E-state index is 0.0825. The highest BCUT2D eigenvalue weighted by Crippen LogP contribution is 2.71. The molecule has 2 saturated carbocycles. The Bertz CT molecular complexity index is 609. The van der Waals surface area contributed by atoms with Crippen molar-refractivity contribution in [1.29, 1.82) is 0 Å². The molecule has 1 saturated heterocycles. The topological polar surface area (TPSA) is 26.3 Å². The summed E-state index contributed by atoms with van der Waals surface area (Å²) in [7, 11) is 0. The van der Waals surface area contributed by atoms with Crippen molar-refractivity contribution < 1.29 is 9.53 Å². The average molecular weight is 314 g/mol. The smallest absolute Gasteiger partial charge is 0.159 e. The van der Waals surface area contributed by atoms with E-state index in [4.69, 9.17) is 4.74 Å². The van der Waals surface area contributed by atoms with Crippen molar-refractivity contribution in [1.82, 2.24) is 0 Å². The Kier molecular flexibility index (Phi) is 3.43. The maximum absolute atomic E-state index is 12.7. The molecule has 0 radical (unpaired) electrons. The van der Waals surface area contributed by atoms with Crippen molar-refractivity contribution in [3.63, 3.8) is 0 Å². The number of hydrogen-bond acceptors (Lipinski definition) is 2. The molecule has 2 heteroatoms. The summed E-state index contributed by atoms with van der Waals surface area (Å²) in [5.74, 6) is 1.54. The Morgan fingerprint density at radius 3 is 2.87 bits per heavy atom. The van der Waals surface area contributed by atoms with Gasteiger partial charge in [-0.25, -0.2) is 0 Å². The van der Waals surface area contributed by atoms with Gasteiger partial charge in [-0.3, -0.25) is 4.79 Å². The van der Waals surface area contributed by atoms with Crippen LogP contribution in [-0.2, 0) is 9.53 Å². The van der Waals surface area contributed by atoms with E-state index in [1.165, 1.54) is 29.6 Å². The zero-order valence-corrected chi connectivity index (χ0v) is 15.1. The Morgan fingerprint density at radius 1 is 1.35 bits per heavy atom. The lowest BCUT2D eigenvalue weighted by Gasteiger charge is -2.50. The van der Waals surface area contributed by atoms with Crippen LogP contribution in [0, 0.1) is 22.7 Å². The van der Waals surface area contributed by atoms with E-state index in [9.17, 15) is 4.79 Å². The Labute approximate surface area is 140 Å². The van der Waals surface area contributed by atoms with E-state index < -0.39 is 0 Å². The molecule has 1 spiro atoms. The second kappa shape index (κ2) is 5.05. The SMILES string of the molecule is CC(C)=CCC[C@@]1(C)CC(C)=C2C(=O)C[C@@H]3CC[C@H]4OC[C@H]1[C@@]234. The van der Waals surface area contributed by atoms with Gasteiger partial charge < -0.3 is 4.74 Å². The molecule has 5 atom stereocenters. The van der Waals surface area contributed by atoms with Gasteiger partial charge in [-0.1, -0.05) is 24.1 Å². The predicted molar refractivity (Wildman–Crippen MR) is 92.1 cm³/mol. The summed E-state index contributed by atoms with van der Waals surface area (Å²) in [6.45, 7) is 9.93. The maximum atomic E-state index is 12.7. The molecule has 0 aromatic heterocycles. The highest BCUT2D eigenvalue weighted by atomic mass is 16.5. The molecule has 0 aromatic rings. The average Bonchev–Trinajstić information content (AvgIpc) is 3.04. The second-order valence-corrected chi connectivity index (χ2v) is 9.02. The molecule has 126 valence electrons. The molecular weight excluding hydrogens is 284 g/mol. The third-order valence-corrected chi connectivity index (χ3v) is 7.38. The Hall–Kier alpha value is -0.890. The predicted octanol–water partition coefficient (Wildman–Crippen LogP) is 4.84. The molecular formula is C21H30O2. The summed E-state index contributed by atoms with van der Waals surface area (Å²) < 4.78 is 6.31. The first-order valence-electron chi connectivity index (χ1n) is 9.38. The van der Waals surface area contributed by atoms with E-state index in [0.717, 1.165) is 32.3 Å². The summed E-state index contributed by atoms with van der Waals surface area (Å²) >= 11 is 0. The summed E-state index contributed by atoms with van der Waals surface area (Å²) in [5, 5.41) is 0. The molecule has 23 heavy (non-hydrogen) atoms. The standard InChI is InChI=1S/C21H30O2/c1-13(2)6-5-9-20(4)11-14(3)19-16(22)10-15-7-8-18-21(15,19)17(20)12-23-18/h6,15,17-18H,5,7-12H2,1-4H3/t15-,17+,18+,20-,21-/m0/s1. The normalized spacial score (nSPS) is 44.5. The van der Waals surface area contributed by atoms with Crippen LogP contribution in [0.4, 0.5) is 0 Å². The van der Waals surface area contributed by atoms with Gasteiger partial charge in [0.2, 0.25) is 0 Å². The van der Waals surface area contributed by atoms with Crippen LogP contribution in [-0.4, -0.2) is 18.5 Å². The third kappa shape index (κ3) is 1.94. The van der Waals surface area contributed by atoms with Gasteiger partial charge in [-0.15, -0.1) is 0 Å². The minimum absolute atomic E-state index is 0.0825. The summed E-state index contributed by atoms with van der Waals surface area (Å²) in [6.07, 6.45) is 9.27. The molecule has 0 aromatic carbocycles. The number of carbonyl (C=O) groups is 1. The van der Waals surface area contributed by atoms with E-state index in [1.54, 1.807) is 0 Å². The lowest BCUT2D eigenvalue weighted by molar-refractivity contribution is -0.115. The molecule has 1 heterocycles. The van der Waals surface area contributed by atoms with Crippen molar-refractivity contribution in [2.45, 2.75) is 72.3 Å². The lowest BCUT2D eigenvalue weighted by Crippen LogP contribution is -2.48.